The van der Waals surface area contributed by atoms with Crippen molar-refractivity contribution in [2.24, 2.45) is 5.92 Å². The van der Waals surface area contributed by atoms with Crippen LogP contribution in [0.5, 0.6) is 0 Å². The number of aryl methyl sites for hydroxylation is 1. The van der Waals surface area contributed by atoms with Crippen molar-refractivity contribution in [2.45, 2.75) is 57.6 Å². The van der Waals surface area contributed by atoms with Crippen molar-refractivity contribution < 1.29 is 9.15 Å². The molecule has 1 spiro atoms. The highest BCUT2D eigenvalue weighted by Crippen LogP contribution is 2.47. The van der Waals surface area contributed by atoms with E-state index in [9.17, 15) is 0 Å². The highest BCUT2D eigenvalue weighted by Gasteiger charge is 2.44. The van der Waals surface area contributed by atoms with E-state index in [-0.39, 0.29) is 5.60 Å². The molecule has 1 aromatic rings. The molecule has 1 saturated heterocycles. The molecule has 1 N–H and O–H groups in total. The first-order chi connectivity index (χ1) is 9.24. The van der Waals surface area contributed by atoms with Crippen LogP contribution in [0.2, 0.25) is 0 Å². The molecule has 2 unspecified atom stereocenters. The molecule has 3 nitrogen and oxygen atoms in total. The van der Waals surface area contributed by atoms with Crippen molar-refractivity contribution in [1.82, 2.24) is 5.32 Å². The number of rotatable bonds is 4. The van der Waals surface area contributed by atoms with Gasteiger partial charge in [0.15, 0.2) is 0 Å². The Morgan fingerprint density at radius 1 is 1.47 bits per heavy atom. The van der Waals surface area contributed by atoms with Gasteiger partial charge in [0.25, 0.3) is 0 Å². The van der Waals surface area contributed by atoms with E-state index in [1.54, 1.807) is 0 Å². The zero-order chi connectivity index (χ0) is 13.3. The van der Waals surface area contributed by atoms with Gasteiger partial charge in [-0.3, -0.25) is 0 Å². The molecule has 2 heterocycles. The second kappa shape index (κ2) is 5.29. The molecule has 0 aromatic carbocycles. The SMILES string of the molecule is CCNC(c1ccoc1C)C1CCOC2(CCC2)C1. The van der Waals surface area contributed by atoms with E-state index >= 15 is 0 Å². The summed E-state index contributed by atoms with van der Waals surface area (Å²) in [6.07, 6.45) is 8.02. The first-order valence-corrected chi connectivity index (χ1v) is 7.65. The van der Waals surface area contributed by atoms with Crippen molar-refractivity contribution >= 4 is 0 Å². The minimum absolute atomic E-state index is 0.216. The molecule has 2 atom stereocenters. The standard InChI is InChI=1S/C16H25NO2/c1-3-17-15(14-6-9-18-12(14)2)13-5-10-19-16(11-13)7-4-8-16/h6,9,13,15,17H,3-5,7-8,10-11H2,1-2H3. The summed E-state index contributed by atoms with van der Waals surface area (Å²) < 4.78 is 11.6. The maximum atomic E-state index is 6.06. The van der Waals surface area contributed by atoms with Gasteiger partial charge < -0.3 is 14.5 Å². The Morgan fingerprint density at radius 2 is 2.32 bits per heavy atom. The molecule has 0 amide bonds. The molecule has 3 rings (SSSR count). The quantitative estimate of drug-likeness (QED) is 0.901. The molecular formula is C16H25NO2. The zero-order valence-electron chi connectivity index (χ0n) is 12.1. The van der Waals surface area contributed by atoms with E-state index in [1.165, 1.54) is 31.2 Å². The van der Waals surface area contributed by atoms with Gasteiger partial charge in [-0.15, -0.1) is 0 Å². The fourth-order valence-electron chi connectivity index (χ4n) is 3.74. The first kappa shape index (κ1) is 13.2. The molecule has 106 valence electrons. The fraction of sp³-hybridized carbons (Fsp3) is 0.750. The predicted molar refractivity (Wildman–Crippen MR) is 75.1 cm³/mol. The molecular weight excluding hydrogens is 238 g/mol. The number of hydrogen-bond acceptors (Lipinski definition) is 3. The van der Waals surface area contributed by atoms with E-state index in [4.69, 9.17) is 9.15 Å². The zero-order valence-corrected chi connectivity index (χ0v) is 12.1. The Balaban J connectivity index is 1.78. The van der Waals surface area contributed by atoms with E-state index in [1.807, 2.05) is 6.26 Å². The summed E-state index contributed by atoms with van der Waals surface area (Å²) in [6, 6.07) is 2.55. The van der Waals surface area contributed by atoms with Gasteiger partial charge in [-0.25, -0.2) is 0 Å². The van der Waals surface area contributed by atoms with Gasteiger partial charge >= 0.3 is 0 Å². The lowest BCUT2D eigenvalue weighted by atomic mass is 9.69. The maximum Gasteiger partial charge on any atom is 0.105 e. The van der Waals surface area contributed by atoms with Crippen molar-refractivity contribution in [2.75, 3.05) is 13.2 Å². The Kier molecular flexibility index (Phi) is 3.68. The van der Waals surface area contributed by atoms with Crippen molar-refractivity contribution in [3.63, 3.8) is 0 Å². The minimum Gasteiger partial charge on any atom is -0.469 e. The monoisotopic (exact) mass is 263 g/mol. The van der Waals surface area contributed by atoms with Crippen LogP contribution in [0.15, 0.2) is 16.7 Å². The Bertz CT molecular complexity index is 422. The normalized spacial score (nSPS) is 27.2. The average molecular weight is 263 g/mol. The molecule has 2 aliphatic rings. The third kappa shape index (κ3) is 2.46. The van der Waals surface area contributed by atoms with Gasteiger partial charge in [-0.05, 0) is 57.6 Å². The smallest absolute Gasteiger partial charge is 0.105 e. The third-order valence-corrected chi connectivity index (χ3v) is 4.93. The third-order valence-electron chi connectivity index (χ3n) is 4.93. The molecule has 1 saturated carbocycles. The summed E-state index contributed by atoms with van der Waals surface area (Å²) in [5.41, 5.74) is 1.55. The molecule has 1 aliphatic heterocycles. The van der Waals surface area contributed by atoms with Crippen LogP contribution in [0.4, 0.5) is 0 Å². The van der Waals surface area contributed by atoms with Crippen molar-refractivity contribution in [3.05, 3.63) is 23.7 Å². The summed E-state index contributed by atoms with van der Waals surface area (Å²) in [4.78, 5) is 0. The Hall–Kier alpha value is -0.800. The van der Waals surface area contributed by atoms with E-state index in [0.29, 0.717) is 12.0 Å². The van der Waals surface area contributed by atoms with Crippen LogP contribution in [-0.2, 0) is 4.74 Å². The minimum atomic E-state index is 0.216. The maximum absolute atomic E-state index is 6.06. The van der Waals surface area contributed by atoms with Gasteiger partial charge in [0.05, 0.1) is 11.9 Å². The van der Waals surface area contributed by atoms with Crippen molar-refractivity contribution in [3.8, 4) is 0 Å². The molecule has 1 aliphatic carbocycles. The van der Waals surface area contributed by atoms with Gasteiger partial charge in [0.1, 0.15) is 5.76 Å². The molecule has 0 bridgehead atoms. The van der Waals surface area contributed by atoms with Gasteiger partial charge in [0, 0.05) is 18.2 Å². The van der Waals surface area contributed by atoms with Crippen LogP contribution in [0, 0.1) is 12.8 Å². The largest absolute Gasteiger partial charge is 0.469 e. The summed E-state index contributed by atoms with van der Waals surface area (Å²) in [7, 11) is 0. The van der Waals surface area contributed by atoms with Crippen LogP contribution in [-0.4, -0.2) is 18.8 Å². The molecule has 0 radical (unpaired) electrons. The molecule has 1 aromatic heterocycles. The van der Waals surface area contributed by atoms with Crippen LogP contribution < -0.4 is 5.32 Å². The second-order valence-electron chi connectivity index (χ2n) is 6.11. The van der Waals surface area contributed by atoms with E-state index < -0.39 is 0 Å². The molecule has 3 heteroatoms. The predicted octanol–water partition coefficient (Wildman–Crippen LogP) is 3.59. The lowest BCUT2D eigenvalue weighted by Gasteiger charge is -2.48. The Labute approximate surface area is 115 Å². The van der Waals surface area contributed by atoms with Crippen LogP contribution in [0.25, 0.3) is 0 Å². The lowest BCUT2D eigenvalue weighted by molar-refractivity contribution is -0.147. The summed E-state index contributed by atoms with van der Waals surface area (Å²) in [6.45, 7) is 6.17. The fourth-order valence-corrected chi connectivity index (χ4v) is 3.74. The lowest BCUT2D eigenvalue weighted by Crippen LogP contribution is -2.48. The molecule has 19 heavy (non-hydrogen) atoms. The summed E-state index contributed by atoms with van der Waals surface area (Å²) >= 11 is 0. The topological polar surface area (TPSA) is 34.4 Å². The highest BCUT2D eigenvalue weighted by atomic mass is 16.5. The molecule has 2 fully saturated rings. The average Bonchev–Trinajstić information content (AvgIpc) is 2.80. The number of hydrogen-bond donors (Lipinski definition) is 1. The van der Waals surface area contributed by atoms with Crippen LogP contribution >= 0.6 is 0 Å². The number of furan rings is 1. The van der Waals surface area contributed by atoms with E-state index in [2.05, 4.69) is 25.2 Å². The van der Waals surface area contributed by atoms with Gasteiger partial charge in [-0.2, -0.15) is 0 Å². The number of ether oxygens (including phenoxy) is 1. The Morgan fingerprint density at radius 3 is 2.89 bits per heavy atom. The second-order valence-corrected chi connectivity index (χ2v) is 6.11. The van der Waals surface area contributed by atoms with E-state index in [0.717, 1.165) is 25.3 Å². The van der Waals surface area contributed by atoms with Crippen molar-refractivity contribution in [1.29, 1.82) is 0 Å². The van der Waals surface area contributed by atoms with Gasteiger partial charge in [0.2, 0.25) is 0 Å². The van der Waals surface area contributed by atoms with Gasteiger partial charge in [-0.1, -0.05) is 6.92 Å². The number of nitrogens with one attached hydrogen (secondary N) is 1. The van der Waals surface area contributed by atoms with Crippen LogP contribution in [0.3, 0.4) is 0 Å². The summed E-state index contributed by atoms with van der Waals surface area (Å²) in [5.74, 6) is 1.73. The highest BCUT2D eigenvalue weighted by molar-refractivity contribution is 5.21. The summed E-state index contributed by atoms with van der Waals surface area (Å²) in [5, 5.41) is 3.67. The first-order valence-electron chi connectivity index (χ1n) is 7.65. The van der Waals surface area contributed by atoms with Crippen LogP contribution in [0.1, 0.15) is 56.4 Å².